The number of ether oxygens (including phenoxy) is 7. The van der Waals surface area contributed by atoms with Crippen LogP contribution in [0.15, 0.2) is 47.5 Å². The van der Waals surface area contributed by atoms with Gasteiger partial charge in [0.15, 0.2) is 5.79 Å². The number of benzene rings is 1. The third kappa shape index (κ3) is 8.09. The lowest BCUT2D eigenvalue weighted by Crippen LogP contribution is -2.56. The van der Waals surface area contributed by atoms with Gasteiger partial charge in [0.1, 0.15) is 29.0 Å². The molecule has 2 fully saturated rings. The highest BCUT2D eigenvalue weighted by molar-refractivity contribution is 6.32. The summed E-state index contributed by atoms with van der Waals surface area (Å²) in [6.07, 6.45) is 5.85. The molecule has 1 aliphatic carbocycles. The van der Waals surface area contributed by atoms with Gasteiger partial charge in [-0.15, -0.1) is 0 Å². The minimum Gasteiger partial charge on any atom is -0.507 e. The van der Waals surface area contributed by atoms with Crippen LogP contribution in [0.3, 0.4) is 0 Å². The van der Waals surface area contributed by atoms with E-state index in [0.29, 0.717) is 0 Å². The van der Waals surface area contributed by atoms with Crippen molar-refractivity contribution in [2.45, 2.75) is 105 Å². The first-order chi connectivity index (χ1) is 27.7. The zero-order valence-corrected chi connectivity index (χ0v) is 35.6. The maximum atomic E-state index is 14.7. The molecule has 0 aromatic heterocycles. The SMILES string of the molecule is CO[C@@H]1/C=C/O[C@@]2(C)Oc3c(C)c(O)c4c(c3C2=O)C(=O)C(N2CCOCC2)=C(NC(=O)/C(C)=C\C=C\[C@H](C)[C@H]2OC(C)(C)O[C@H]([C@H](C)[C@H](OC(C)=O)[C@H]1C)[C@@H]2C)C4=O. The zero-order valence-electron chi connectivity index (χ0n) is 35.6. The molecule has 15 nitrogen and oxygen atoms in total. The molecule has 7 rings (SSSR count). The zero-order chi connectivity index (χ0) is 43.3. The van der Waals surface area contributed by atoms with E-state index < -0.39 is 76.3 Å². The van der Waals surface area contributed by atoms with E-state index in [1.54, 1.807) is 30.1 Å². The van der Waals surface area contributed by atoms with E-state index >= 15 is 0 Å². The molecular weight excluding hydrogens is 764 g/mol. The minimum absolute atomic E-state index is 0.0290. The Morgan fingerprint density at radius 2 is 1.56 bits per heavy atom. The molecular formula is C44H56N2O13. The van der Waals surface area contributed by atoms with Gasteiger partial charge < -0.3 is 48.5 Å². The number of ketones is 3. The highest BCUT2D eigenvalue weighted by Crippen LogP contribution is 2.49. The number of allylic oxidation sites excluding steroid dienone is 4. The van der Waals surface area contributed by atoms with Crippen LogP contribution in [0.2, 0.25) is 0 Å². The van der Waals surface area contributed by atoms with Crippen molar-refractivity contribution in [1.29, 1.82) is 0 Å². The molecule has 0 unspecified atom stereocenters. The number of Topliss-reactive ketones (excluding diaryl/α,β-unsaturated/α-hetero) is 3. The lowest BCUT2D eigenvalue weighted by Gasteiger charge is -2.50. The first-order valence-corrected chi connectivity index (χ1v) is 20.1. The van der Waals surface area contributed by atoms with Crippen molar-refractivity contribution in [2.75, 3.05) is 33.4 Å². The van der Waals surface area contributed by atoms with E-state index in [-0.39, 0.29) is 89.6 Å². The standard InChI is InChI=1S/C44H56N2O13/c1-21-13-12-14-22(2)42(52)45-32-33(46-16-19-54-20-17-46)36(50)29-30(35(32)49)34(48)24(4)40-31(29)41(51)44(10,59-40)55-18-15-28(53-11)23(3)38(56-27(7)47)26(6)39-25(5)37(21)57-43(8,9)58-39/h12-15,18,21,23,25-26,28,37-39,48H,16-17,19-20H2,1-11H3,(H,45,52)/b13-12+,18-15+,22-14-/t21-,23-,25+,26+,28+,37+,38+,39-,44-/m0/s1. The molecule has 5 aliphatic heterocycles. The molecule has 2 N–H and O–H groups in total. The van der Waals surface area contributed by atoms with E-state index in [2.05, 4.69) is 5.32 Å². The molecule has 2 saturated heterocycles. The maximum absolute atomic E-state index is 14.7. The monoisotopic (exact) mass is 820 g/mol. The van der Waals surface area contributed by atoms with Crippen molar-refractivity contribution in [3.05, 3.63) is 69.8 Å². The van der Waals surface area contributed by atoms with Gasteiger partial charge in [-0.25, -0.2) is 0 Å². The van der Waals surface area contributed by atoms with Crippen LogP contribution in [0.1, 0.15) is 99.0 Å². The Labute approximate surface area is 344 Å². The number of amides is 1. The average Bonchev–Trinajstić information content (AvgIpc) is 3.45. The summed E-state index contributed by atoms with van der Waals surface area (Å²) in [5, 5.41) is 14.2. The molecule has 59 heavy (non-hydrogen) atoms. The molecule has 5 heterocycles. The van der Waals surface area contributed by atoms with Crippen LogP contribution in [-0.4, -0.2) is 109 Å². The second-order valence-corrected chi connectivity index (χ2v) is 16.7. The Morgan fingerprint density at radius 3 is 2.20 bits per heavy atom. The van der Waals surface area contributed by atoms with Gasteiger partial charge in [0.2, 0.25) is 11.6 Å². The molecule has 320 valence electrons. The van der Waals surface area contributed by atoms with Crippen molar-refractivity contribution in [2.24, 2.45) is 23.7 Å². The summed E-state index contributed by atoms with van der Waals surface area (Å²) in [5.41, 5.74) is -1.20. The van der Waals surface area contributed by atoms with Crippen molar-refractivity contribution in [3.63, 3.8) is 0 Å². The Hall–Kier alpha value is -4.83. The Bertz CT molecular complexity index is 2040. The number of rotatable bonds is 3. The number of hydrogen-bond donors (Lipinski definition) is 2. The topological polar surface area (TPSA) is 185 Å². The maximum Gasteiger partial charge on any atom is 0.312 e. The van der Waals surface area contributed by atoms with Crippen molar-refractivity contribution >= 4 is 29.2 Å². The van der Waals surface area contributed by atoms with Crippen LogP contribution in [0.5, 0.6) is 11.5 Å². The van der Waals surface area contributed by atoms with Gasteiger partial charge in [-0.2, -0.15) is 0 Å². The largest absolute Gasteiger partial charge is 0.507 e. The summed E-state index contributed by atoms with van der Waals surface area (Å²) in [5.74, 6) is -8.45. The van der Waals surface area contributed by atoms with Gasteiger partial charge in [0.05, 0.1) is 54.5 Å². The predicted octanol–water partition coefficient (Wildman–Crippen LogP) is 5.09. The van der Waals surface area contributed by atoms with Gasteiger partial charge >= 0.3 is 11.8 Å². The summed E-state index contributed by atoms with van der Waals surface area (Å²) in [6.45, 7) is 18.2. The molecule has 6 aliphatic rings. The lowest BCUT2D eigenvalue weighted by atomic mass is 9.77. The molecule has 1 aromatic carbocycles. The first-order valence-electron chi connectivity index (χ1n) is 20.1. The summed E-state index contributed by atoms with van der Waals surface area (Å²) >= 11 is 0. The van der Waals surface area contributed by atoms with Crippen LogP contribution in [0.4, 0.5) is 0 Å². The van der Waals surface area contributed by atoms with E-state index in [4.69, 9.17) is 33.2 Å². The third-order valence-electron chi connectivity index (χ3n) is 12.0. The summed E-state index contributed by atoms with van der Waals surface area (Å²) in [7, 11) is 1.50. The van der Waals surface area contributed by atoms with E-state index in [9.17, 15) is 29.1 Å². The van der Waals surface area contributed by atoms with E-state index in [0.717, 1.165) is 0 Å². The molecule has 0 spiro atoms. The number of aromatic hydroxyl groups is 1. The fourth-order valence-corrected chi connectivity index (χ4v) is 8.85. The average molecular weight is 821 g/mol. The normalized spacial score (nSPS) is 34.6. The number of phenols is 1. The summed E-state index contributed by atoms with van der Waals surface area (Å²) < 4.78 is 42.6. The summed E-state index contributed by atoms with van der Waals surface area (Å²) in [6, 6.07) is 0. The van der Waals surface area contributed by atoms with Crippen LogP contribution in [0.25, 0.3) is 0 Å². The third-order valence-corrected chi connectivity index (χ3v) is 12.0. The highest BCUT2D eigenvalue weighted by Gasteiger charge is 2.53. The molecule has 0 radical (unpaired) electrons. The molecule has 15 heteroatoms. The van der Waals surface area contributed by atoms with Crippen LogP contribution < -0.4 is 10.1 Å². The molecule has 7 bridgehead atoms. The van der Waals surface area contributed by atoms with E-state index in [1.807, 2.05) is 47.6 Å². The highest BCUT2D eigenvalue weighted by atomic mass is 16.7. The van der Waals surface area contributed by atoms with Gasteiger partial charge in [0, 0.05) is 68.9 Å². The van der Waals surface area contributed by atoms with Gasteiger partial charge in [-0.1, -0.05) is 45.9 Å². The fourth-order valence-electron chi connectivity index (χ4n) is 8.85. The molecule has 1 amide bonds. The van der Waals surface area contributed by atoms with Gasteiger partial charge in [-0.3, -0.25) is 24.0 Å². The number of morpholine rings is 1. The number of phenolic OH excluding ortho intramolecular Hbond substituents is 1. The number of fused-ring (bicyclic) bond motifs is 10. The second-order valence-electron chi connectivity index (χ2n) is 16.7. The molecule has 1 aromatic rings. The summed E-state index contributed by atoms with van der Waals surface area (Å²) in [4.78, 5) is 71.8. The number of carbonyl (C=O) groups excluding carboxylic acids is 5. The van der Waals surface area contributed by atoms with Gasteiger partial charge in [0.25, 0.3) is 11.7 Å². The Morgan fingerprint density at radius 1 is 0.898 bits per heavy atom. The van der Waals surface area contributed by atoms with Gasteiger partial charge in [-0.05, 0) is 33.8 Å². The molecule has 0 saturated carbocycles. The Kier molecular flexibility index (Phi) is 12.4. The number of hydrogen-bond acceptors (Lipinski definition) is 14. The van der Waals surface area contributed by atoms with Crippen LogP contribution in [0, 0.1) is 30.6 Å². The van der Waals surface area contributed by atoms with Crippen LogP contribution in [-0.2, 0) is 38.0 Å². The van der Waals surface area contributed by atoms with E-state index in [1.165, 1.54) is 34.1 Å². The number of methoxy groups -OCH3 is 1. The van der Waals surface area contributed by atoms with Crippen LogP contribution >= 0.6 is 0 Å². The number of nitrogens with one attached hydrogen (secondary N) is 1. The predicted molar refractivity (Wildman–Crippen MR) is 212 cm³/mol. The fraction of sp³-hybridized carbons (Fsp3) is 0.568. The lowest BCUT2D eigenvalue weighted by molar-refractivity contribution is -0.336. The van der Waals surface area contributed by atoms with Crippen molar-refractivity contribution in [3.8, 4) is 11.5 Å². The number of esters is 1. The van der Waals surface area contributed by atoms with Crippen molar-refractivity contribution < 1.29 is 62.2 Å². The van der Waals surface area contributed by atoms with Crippen molar-refractivity contribution in [1.82, 2.24) is 10.2 Å². The quantitative estimate of drug-likeness (QED) is 0.385. The minimum atomic E-state index is -2.04. The number of carbonyl (C=O) groups is 5. The number of nitrogens with zero attached hydrogens (tertiary/aromatic N) is 1. The Balaban J connectivity index is 1.50. The smallest absolute Gasteiger partial charge is 0.312 e. The first kappa shape index (κ1) is 43.7. The molecule has 9 atom stereocenters. The second kappa shape index (κ2) is 16.7.